The number of hydrogen-bond acceptors (Lipinski definition) is 3. The summed E-state index contributed by atoms with van der Waals surface area (Å²) in [7, 11) is 1.68. The molecule has 1 aliphatic rings. The molecule has 0 bridgehead atoms. The Morgan fingerprint density at radius 3 is 2.22 bits per heavy atom. The molecular formula is C20H26N2O. The van der Waals surface area contributed by atoms with Gasteiger partial charge in [-0.25, -0.2) is 9.97 Å². The molecule has 3 heteroatoms. The van der Waals surface area contributed by atoms with Crippen LogP contribution in [0.25, 0.3) is 11.4 Å². The van der Waals surface area contributed by atoms with Crippen molar-refractivity contribution in [1.29, 1.82) is 0 Å². The van der Waals surface area contributed by atoms with E-state index >= 15 is 0 Å². The lowest BCUT2D eigenvalue weighted by atomic mass is 9.78. The highest BCUT2D eigenvalue weighted by molar-refractivity contribution is 5.55. The van der Waals surface area contributed by atoms with Gasteiger partial charge < -0.3 is 4.74 Å². The fourth-order valence-electron chi connectivity index (χ4n) is 3.63. The zero-order valence-electron chi connectivity index (χ0n) is 14.2. The SMILES string of the molecule is CCCC1CCC(c2cnc(-c3ccc(OC)cc3)nc2)CC1. The summed E-state index contributed by atoms with van der Waals surface area (Å²) >= 11 is 0. The van der Waals surface area contributed by atoms with E-state index in [2.05, 4.69) is 16.9 Å². The summed E-state index contributed by atoms with van der Waals surface area (Å²) in [4.78, 5) is 9.17. The fraction of sp³-hybridized carbons (Fsp3) is 0.500. The van der Waals surface area contributed by atoms with Crippen LogP contribution in [0.1, 0.15) is 56.9 Å². The lowest BCUT2D eigenvalue weighted by molar-refractivity contribution is 0.308. The summed E-state index contributed by atoms with van der Waals surface area (Å²) in [6.45, 7) is 2.29. The molecule has 2 aromatic rings. The smallest absolute Gasteiger partial charge is 0.159 e. The van der Waals surface area contributed by atoms with Crippen molar-refractivity contribution in [2.24, 2.45) is 5.92 Å². The number of rotatable bonds is 5. The van der Waals surface area contributed by atoms with E-state index in [1.807, 2.05) is 36.7 Å². The van der Waals surface area contributed by atoms with Gasteiger partial charge in [0.2, 0.25) is 0 Å². The molecule has 1 aromatic carbocycles. The molecule has 3 rings (SSSR count). The second-order valence-electron chi connectivity index (χ2n) is 6.57. The zero-order chi connectivity index (χ0) is 16.1. The molecular weight excluding hydrogens is 284 g/mol. The molecule has 3 nitrogen and oxygen atoms in total. The molecule has 23 heavy (non-hydrogen) atoms. The minimum absolute atomic E-state index is 0.646. The molecule has 1 heterocycles. The number of ether oxygens (including phenoxy) is 1. The van der Waals surface area contributed by atoms with Crippen molar-refractivity contribution in [1.82, 2.24) is 9.97 Å². The largest absolute Gasteiger partial charge is 0.497 e. The normalized spacial score (nSPS) is 21.1. The maximum atomic E-state index is 5.19. The Morgan fingerprint density at radius 2 is 1.65 bits per heavy atom. The van der Waals surface area contributed by atoms with Gasteiger partial charge in [-0.05, 0) is 67.3 Å². The van der Waals surface area contributed by atoms with Crippen molar-refractivity contribution >= 4 is 0 Å². The van der Waals surface area contributed by atoms with E-state index in [0.717, 1.165) is 23.1 Å². The van der Waals surface area contributed by atoms with Gasteiger partial charge in [-0.3, -0.25) is 0 Å². The van der Waals surface area contributed by atoms with Gasteiger partial charge >= 0.3 is 0 Å². The third-order valence-electron chi connectivity index (χ3n) is 5.04. The molecule has 122 valence electrons. The van der Waals surface area contributed by atoms with Crippen LogP contribution >= 0.6 is 0 Å². The number of benzene rings is 1. The van der Waals surface area contributed by atoms with Crippen LogP contribution in [-0.2, 0) is 0 Å². The maximum absolute atomic E-state index is 5.19. The summed E-state index contributed by atoms with van der Waals surface area (Å²) in [6, 6.07) is 7.90. The van der Waals surface area contributed by atoms with Crippen LogP contribution in [0.4, 0.5) is 0 Å². The van der Waals surface area contributed by atoms with Crippen molar-refractivity contribution in [3.05, 3.63) is 42.2 Å². The van der Waals surface area contributed by atoms with Crippen LogP contribution < -0.4 is 4.74 Å². The van der Waals surface area contributed by atoms with Crippen molar-refractivity contribution in [2.75, 3.05) is 7.11 Å². The van der Waals surface area contributed by atoms with Gasteiger partial charge in [0.25, 0.3) is 0 Å². The van der Waals surface area contributed by atoms with Crippen molar-refractivity contribution in [3.8, 4) is 17.1 Å². The summed E-state index contributed by atoms with van der Waals surface area (Å²) < 4.78 is 5.19. The molecule has 0 amide bonds. The van der Waals surface area contributed by atoms with Crippen LogP contribution in [0.2, 0.25) is 0 Å². The number of aromatic nitrogens is 2. The molecule has 0 saturated heterocycles. The van der Waals surface area contributed by atoms with Gasteiger partial charge in [0.15, 0.2) is 5.82 Å². The quantitative estimate of drug-likeness (QED) is 0.759. The third-order valence-corrected chi connectivity index (χ3v) is 5.04. The first kappa shape index (κ1) is 16.0. The van der Waals surface area contributed by atoms with Gasteiger partial charge in [0.05, 0.1) is 7.11 Å². The van der Waals surface area contributed by atoms with Crippen LogP contribution in [0.5, 0.6) is 5.75 Å². The molecule has 0 N–H and O–H groups in total. The Balaban J connectivity index is 1.65. The number of nitrogens with zero attached hydrogens (tertiary/aromatic N) is 2. The van der Waals surface area contributed by atoms with E-state index < -0.39 is 0 Å². The summed E-state index contributed by atoms with van der Waals surface area (Å²) in [5, 5.41) is 0. The first-order valence-corrected chi connectivity index (χ1v) is 8.76. The Kier molecular flexibility index (Phi) is 5.27. The number of methoxy groups -OCH3 is 1. The molecule has 1 saturated carbocycles. The second-order valence-corrected chi connectivity index (χ2v) is 6.57. The zero-order valence-corrected chi connectivity index (χ0v) is 14.2. The average Bonchev–Trinajstić information content (AvgIpc) is 2.63. The Bertz CT molecular complexity index is 599. The minimum Gasteiger partial charge on any atom is -0.497 e. The molecule has 0 radical (unpaired) electrons. The highest BCUT2D eigenvalue weighted by atomic mass is 16.5. The molecule has 1 aromatic heterocycles. The Morgan fingerprint density at radius 1 is 1.00 bits per heavy atom. The molecule has 1 aliphatic carbocycles. The van der Waals surface area contributed by atoms with Crippen LogP contribution in [-0.4, -0.2) is 17.1 Å². The maximum Gasteiger partial charge on any atom is 0.159 e. The first-order valence-electron chi connectivity index (χ1n) is 8.76. The van der Waals surface area contributed by atoms with Crippen molar-refractivity contribution in [3.63, 3.8) is 0 Å². The molecule has 1 fully saturated rings. The van der Waals surface area contributed by atoms with E-state index in [-0.39, 0.29) is 0 Å². The van der Waals surface area contributed by atoms with E-state index in [9.17, 15) is 0 Å². The van der Waals surface area contributed by atoms with Crippen LogP contribution in [0.15, 0.2) is 36.7 Å². The summed E-state index contributed by atoms with van der Waals surface area (Å²) in [5.41, 5.74) is 2.33. The fourth-order valence-corrected chi connectivity index (χ4v) is 3.63. The average molecular weight is 310 g/mol. The third kappa shape index (κ3) is 3.90. The van der Waals surface area contributed by atoms with Crippen molar-refractivity contribution in [2.45, 2.75) is 51.4 Å². The predicted molar refractivity (Wildman–Crippen MR) is 93.6 cm³/mol. The molecule has 0 aliphatic heterocycles. The lowest BCUT2D eigenvalue weighted by Crippen LogP contribution is -2.13. The van der Waals surface area contributed by atoms with Crippen LogP contribution in [0.3, 0.4) is 0 Å². The summed E-state index contributed by atoms with van der Waals surface area (Å²) in [6.07, 6.45) is 12.0. The van der Waals surface area contributed by atoms with Gasteiger partial charge in [-0.1, -0.05) is 19.8 Å². The van der Waals surface area contributed by atoms with Gasteiger partial charge in [0, 0.05) is 18.0 Å². The van der Waals surface area contributed by atoms with Crippen LogP contribution in [0, 0.1) is 5.92 Å². The molecule has 0 atom stereocenters. The molecule has 0 unspecified atom stereocenters. The predicted octanol–water partition coefficient (Wildman–Crippen LogP) is 5.23. The highest BCUT2D eigenvalue weighted by Gasteiger charge is 2.22. The number of hydrogen-bond donors (Lipinski definition) is 0. The monoisotopic (exact) mass is 310 g/mol. The first-order chi connectivity index (χ1) is 11.3. The lowest BCUT2D eigenvalue weighted by Gasteiger charge is -2.28. The highest BCUT2D eigenvalue weighted by Crippen LogP contribution is 2.37. The van der Waals surface area contributed by atoms with Gasteiger partial charge in [0.1, 0.15) is 5.75 Å². The van der Waals surface area contributed by atoms with E-state index in [4.69, 9.17) is 4.74 Å². The summed E-state index contributed by atoms with van der Waals surface area (Å²) in [5.74, 6) is 3.23. The Hall–Kier alpha value is -1.90. The van der Waals surface area contributed by atoms with E-state index in [1.54, 1.807) is 7.11 Å². The van der Waals surface area contributed by atoms with E-state index in [1.165, 1.54) is 44.1 Å². The molecule has 0 spiro atoms. The van der Waals surface area contributed by atoms with Crippen molar-refractivity contribution < 1.29 is 4.74 Å². The Labute approximate surface area is 139 Å². The minimum atomic E-state index is 0.646. The van der Waals surface area contributed by atoms with E-state index in [0.29, 0.717) is 5.92 Å². The topological polar surface area (TPSA) is 35.0 Å². The standard InChI is InChI=1S/C20H26N2O/c1-3-4-15-5-7-16(8-6-15)18-13-21-20(22-14-18)17-9-11-19(23-2)12-10-17/h9-16H,3-8H2,1-2H3. The van der Waals surface area contributed by atoms with Gasteiger partial charge in [-0.2, -0.15) is 0 Å². The second kappa shape index (κ2) is 7.58. The van der Waals surface area contributed by atoms with Gasteiger partial charge in [-0.15, -0.1) is 0 Å².